The van der Waals surface area contributed by atoms with Crippen LogP contribution >= 0.6 is 0 Å². The van der Waals surface area contributed by atoms with Gasteiger partial charge in [0.25, 0.3) is 5.91 Å². The van der Waals surface area contributed by atoms with E-state index in [1.54, 1.807) is 38.1 Å². The van der Waals surface area contributed by atoms with E-state index in [0.717, 1.165) is 17.7 Å². The number of urea groups is 1. The molecule has 1 heterocycles. The van der Waals surface area contributed by atoms with Crippen LogP contribution in [0.15, 0.2) is 24.3 Å². The minimum atomic E-state index is -1.22. The smallest absolute Gasteiger partial charge is 0.326 e. The van der Waals surface area contributed by atoms with Gasteiger partial charge in [-0.15, -0.1) is 0 Å². The molecule has 0 radical (unpaired) electrons. The van der Waals surface area contributed by atoms with Crippen molar-refractivity contribution in [1.29, 1.82) is 0 Å². The van der Waals surface area contributed by atoms with Crippen LogP contribution in [-0.2, 0) is 15.1 Å². The summed E-state index contributed by atoms with van der Waals surface area (Å²) in [6, 6.07) is 5.72. The molecule has 2 fully saturated rings. The van der Waals surface area contributed by atoms with Gasteiger partial charge in [-0.25, -0.2) is 9.69 Å². The van der Waals surface area contributed by atoms with Crippen LogP contribution in [0.5, 0.6) is 5.75 Å². The molecule has 7 heteroatoms. The first-order valence-corrected chi connectivity index (χ1v) is 7.97. The van der Waals surface area contributed by atoms with Crippen LogP contribution in [0.2, 0.25) is 0 Å². The topological polar surface area (TPSA) is 87.7 Å². The lowest BCUT2D eigenvalue weighted by Crippen LogP contribution is -2.49. The summed E-state index contributed by atoms with van der Waals surface area (Å²) < 4.78 is 5.18. The second-order valence-corrected chi connectivity index (χ2v) is 6.42. The molecular weight excluding hydrogens is 310 g/mol. The number of benzene rings is 1. The Bertz CT molecular complexity index is 701. The van der Waals surface area contributed by atoms with E-state index in [1.807, 2.05) is 0 Å². The molecule has 1 aromatic rings. The van der Waals surface area contributed by atoms with Crippen molar-refractivity contribution in [3.8, 4) is 5.75 Å². The summed E-state index contributed by atoms with van der Waals surface area (Å²) in [6.07, 6.45) is 1.89. The summed E-state index contributed by atoms with van der Waals surface area (Å²) in [5.74, 6) is -0.163. The van der Waals surface area contributed by atoms with E-state index in [1.165, 1.54) is 7.11 Å². The number of ether oxygens (including phenoxy) is 1. The first kappa shape index (κ1) is 16.3. The molecule has 1 aromatic carbocycles. The molecule has 2 aliphatic rings. The van der Waals surface area contributed by atoms with Gasteiger partial charge < -0.3 is 15.4 Å². The SMILES string of the molecule is COc1cccc([C@@]2(C)NC(=O)N([C@H](C)C(=O)NC3CC3)C2=O)c1. The average Bonchev–Trinajstić information content (AvgIpc) is 3.34. The highest BCUT2D eigenvalue weighted by molar-refractivity contribution is 6.10. The molecule has 24 heavy (non-hydrogen) atoms. The molecule has 128 valence electrons. The van der Waals surface area contributed by atoms with E-state index < -0.39 is 23.5 Å². The molecular formula is C17H21N3O4. The Hall–Kier alpha value is -2.57. The largest absolute Gasteiger partial charge is 0.497 e. The quantitative estimate of drug-likeness (QED) is 0.792. The Kier molecular flexibility index (Phi) is 3.95. The predicted octanol–water partition coefficient (Wildman–Crippen LogP) is 1.13. The van der Waals surface area contributed by atoms with Crippen molar-refractivity contribution in [2.24, 2.45) is 0 Å². The normalized spacial score (nSPS) is 24.5. The zero-order valence-corrected chi connectivity index (χ0v) is 14.0. The number of rotatable bonds is 5. The van der Waals surface area contributed by atoms with Crippen molar-refractivity contribution in [2.75, 3.05) is 7.11 Å². The van der Waals surface area contributed by atoms with Gasteiger partial charge in [0.15, 0.2) is 0 Å². The molecule has 0 aromatic heterocycles. The molecule has 1 aliphatic carbocycles. The average molecular weight is 331 g/mol. The number of hydrogen-bond acceptors (Lipinski definition) is 4. The molecule has 0 unspecified atom stereocenters. The van der Waals surface area contributed by atoms with Gasteiger partial charge in [-0.1, -0.05) is 12.1 Å². The molecule has 1 saturated heterocycles. The Morgan fingerprint density at radius 1 is 1.42 bits per heavy atom. The minimum Gasteiger partial charge on any atom is -0.497 e. The highest BCUT2D eigenvalue weighted by atomic mass is 16.5. The lowest BCUT2D eigenvalue weighted by Gasteiger charge is -2.24. The van der Waals surface area contributed by atoms with Gasteiger partial charge in [0.2, 0.25) is 5.91 Å². The molecule has 0 bridgehead atoms. The fourth-order valence-corrected chi connectivity index (χ4v) is 2.81. The number of methoxy groups -OCH3 is 1. The number of amides is 4. The van der Waals surface area contributed by atoms with E-state index in [4.69, 9.17) is 4.74 Å². The molecule has 7 nitrogen and oxygen atoms in total. The lowest BCUT2D eigenvalue weighted by atomic mass is 9.91. The third kappa shape index (κ3) is 2.70. The summed E-state index contributed by atoms with van der Waals surface area (Å²) in [7, 11) is 1.53. The zero-order chi connectivity index (χ0) is 17.5. The maximum atomic E-state index is 12.9. The number of carbonyl (C=O) groups excluding carboxylic acids is 3. The molecule has 4 amide bonds. The number of nitrogens with one attached hydrogen (secondary N) is 2. The van der Waals surface area contributed by atoms with Crippen molar-refractivity contribution in [2.45, 2.75) is 44.3 Å². The van der Waals surface area contributed by atoms with Crippen LogP contribution in [0.25, 0.3) is 0 Å². The fraction of sp³-hybridized carbons (Fsp3) is 0.471. The van der Waals surface area contributed by atoms with Gasteiger partial charge in [0.1, 0.15) is 17.3 Å². The maximum Gasteiger partial charge on any atom is 0.326 e. The predicted molar refractivity (Wildman–Crippen MR) is 86.4 cm³/mol. The van der Waals surface area contributed by atoms with Gasteiger partial charge in [-0.3, -0.25) is 9.59 Å². The Morgan fingerprint density at radius 2 is 2.12 bits per heavy atom. The number of carbonyl (C=O) groups is 3. The third-order valence-electron chi connectivity index (χ3n) is 4.56. The monoisotopic (exact) mass is 331 g/mol. The van der Waals surface area contributed by atoms with Crippen molar-refractivity contribution in [1.82, 2.24) is 15.5 Å². The minimum absolute atomic E-state index is 0.172. The van der Waals surface area contributed by atoms with Crippen molar-refractivity contribution in [3.63, 3.8) is 0 Å². The molecule has 2 N–H and O–H groups in total. The number of imide groups is 1. The molecule has 1 aliphatic heterocycles. The Balaban J connectivity index is 1.85. The van der Waals surface area contributed by atoms with Crippen molar-refractivity contribution < 1.29 is 19.1 Å². The van der Waals surface area contributed by atoms with Crippen LogP contribution in [0.1, 0.15) is 32.3 Å². The second kappa shape index (κ2) is 5.81. The molecule has 1 saturated carbocycles. The standard InChI is InChI=1S/C17H21N3O4/c1-10(14(21)18-12-7-8-12)20-15(22)17(2,19-16(20)23)11-5-4-6-13(9-11)24-3/h4-6,9-10,12H,7-8H2,1-3H3,(H,18,21)(H,19,23)/t10-,17-/m1/s1. The Labute approximate surface area is 140 Å². The van der Waals surface area contributed by atoms with Crippen LogP contribution in [0.3, 0.4) is 0 Å². The maximum absolute atomic E-state index is 12.9. The first-order chi connectivity index (χ1) is 11.4. The molecule has 3 rings (SSSR count). The number of nitrogens with zero attached hydrogens (tertiary/aromatic N) is 1. The van der Waals surface area contributed by atoms with E-state index >= 15 is 0 Å². The highest BCUT2D eigenvalue weighted by Gasteiger charge is 2.52. The summed E-state index contributed by atoms with van der Waals surface area (Å²) in [4.78, 5) is 38.5. The second-order valence-electron chi connectivity index (χ2n) is 6.42. The number of hydrogen-bond donors (Lipinski definition) is 2. The van der Waals surface area contributed by atoms with Crippen molar-refractivity contribution in [3.05, 3.63) is 29.8 Å². The van der Waals surface area contributed by atoms with Crippen LogP contribution in [-0.4, -0.2) is 41.9 Å². The first-order valence-electron chi connectivity index (χ1n) is 7.97. The van der Waals surface area contributed by atoms with Crippen LogP contribution in [0, 0.1) is 0 Å². The van der Waals surface area contributed by atoms with Gasteiger partial charge >= 0.3 is 6.03 Å². The van der Waals surface area contributed by atoms with Gasteiger partial charge in [-0.05, 0) is 44.4 Å². The molecule has 2 atom stereocenters. The van der Waals surface area contributed by atoms with Crippen LogP contribution < -0.4 is 15.4 Å². The van der Waals surface area contributed by atoms with E-state index in [0.29, 0.717) is 11.3 Å². The van der Waals surface area contributed by atoms with E-state index in [9.17, 15) is 14.4 Å². The zero-order valence-electron chi connectivity index (χ0n) is 14.0. The highest BCUT2D eigenvalue weighted by Crippen LogP contribution is 2.32. The lowest BCUT2D eigenvalue weighted by molar-refractivity contribution is -0.137. The van der Waals surface area contributed by atoms with Crippen molar-refractivity contribution >= 4 is 17.8 Å². The summed E-state index contributed by atoms with van der Waals surface area (Å²) in [5.41, 5.74) is -0.614. The summed E-state index contributed by atoms with van der Waals surface area (Å²) in [6.45, 7) is 3.19. The summed E-state index contributed by atoms with van der Waals surface area (Å²) in [5, 5.41) is 5.53. The third-order valence-corrected chi connectivity index (χ3v) is 4.56. The van der Waals surface area contributed by atoms with E-state index in [-0.39, 0.29) is 11.9 Å². The summed E-state index contributed by atoms with van der Waals surface area (Å²) >= 11 is 0. The van der Waals surface area contributed by atoms with Gasteiger partial charge in [0, 0.05) is 6.04 Å². The van der Waals surface area contributed by atoms with E-state index in [2.05, 4.69) is 10.6 Å². The molecule has 0 spiro atoms. The van der Waals surface area contributed by atoms with Gasteiger partial charge in [0.05, 0.1) is 7.11 Å². The van der Waals surface area contributed by atoms with Crippen LogP contribution in [0.4, 0.5) is 4.79 Å². The Morgan fingerprint density at radius 3 is 2.75 bits per heavy atom. The van der Waals surface area contributed by atoms with Gasteiger partial charge in [-0.2, -0.15) is 0 Å². The fourth-order valence-electron chi connectivity index (χ4n) is 2.81.